The van der Waals surface area contributed by atoms with Crippen molar-refractivity contribution in [3.05, 3.63) is 41.7 Å². The fraction of sp³-hybridized carbons (Fsp3) is 0.400. The second kappa shape index (κ2) is 6.63. The zero-order valence-corrected chi connectivity index (χ0v) is 11.1. The largest absolute Gasteiger partial charge is 0.394 e. The van der Waals surface area contributed by atoms with Crippen molar-refractivity contribution < 1.29 is 19.0 Å². The highest BCUT2D eigenvalue weighted by Gasteiger charge is 2.32. The van der Waals surface area contributed by atoms with E-state index in [4.69, 9.17) is 4.74 Å². The number of hydrogen-bond donors (Lipinski definition) is 2. The van der Waals surface area contributed by atoms with Crippen LogP contribution in [0.3, 0.4) is 0 Å². The average Bonchev–Trinajstić information content (AvgIpc) is 2.46. The van der Waals surface area contributed by atoms with Gasteiger partial charge in [0.05, 0.1) is 12.1 Å². The van der Waals surface area contributed by atoms with E-state index in [0.29, 0.717) is 31.6 Å². The predicted octanol–water partition coefficient (Wildman–Crippen LogP) is 1.50. The van der Waals surface area contributed by atoms with Crippen LogP contribution in [-0.4, -0.2) is 36.4 Å². The van der Waals surface area contributed by atoms with Gasteiger partial charge in [-0.15, -0.1) is 0 Å². The molecule has 4 nitrogen and oxygen atoms in total. The number of benzene rings is 1. The van der Waals surface area contributed by atoms with Crippen molar-refractivity contribution in [2.24, 2.45) is 0 Å². The first-order valence-electron chi connectivity index (χ1n) is 6.58. The third kappa shape index (κ3) is 3.88. The Labute approximate surface area is 117 Å². The summed E-state index contributed by atoms with van der Waals surface area (Å²) in [5.41, 5.74) is 0.00639. The van der Waals surface area contributed by atoms with Gasteiger partial charge in [-0.25, -0.2) is 4.39 Å². The van der Waals surface area contributed by atoms with E-state index in [0.717, 1.165) is 0 Å². The van der Waals surface area contributed by atoms with Gasteiger partial charge >= 0.3 is 0 Å². The molecule has 0 unspecified atom stereocenters. The van der Waals surface area contributed by atoms with Crippen LogP contribution in [0, 0.1) is 5.82 Å². The minimum absolute atomic E-state index is 0.115. The third-order valence-electron chi connectivity index (χ3n) is 3.42. The number of aliphatic hydroxyl groups excluding tert-OH is 1. The highest BCUT2D eigenvalue weighted by Crippen LogP contribution is 2.20. The molecule has 0 spiro atoms. The second-order valence-electron chi connectivity index (χ2n) is 4.93. The van der Waals surface area contributed by atoms with Gasteiger partial charge in [-0.05, 0) is 36.6 Å². The number of carbonyl (C=O) groups is 1. The number of amides is 1. The Kier molecular flexibility index (Phi) is 4.87. The summed E-state index contributed by atoms with van der Waals surface area (Å²) in [6.45, 7) is 0.929. The van der Waals surface area contributed by atoms with E-state index >= 15 is 0 Å². The molecule has 20 heavy (non-hydrogen) atoms. The van der Waals surface area contributed by atoms with Crippen LogP contribution >= 0.6 is 0 Å². The number of ether oxygens (including phenoxy) is 1. The zero-order valence-electron chi connectivity index (χ0n) is 11.1. The summed E-state index contributed by atoms with van der Waals surface area (Å²) in [6, 6.07) is 5.99. The molecule has 2 N–H and O–H groups in total. The highest BCUT2D eigenvalue weighted by atomic mass is 19.1. The maximum atomic E-state index is 13.0. The number of rotatable bonds is 4. The van der Waals surface area contributed by atoms with Crippen LogP contribution in [0.25, 0.3) is 6.08 Å². The Balaban J connectivity index is 1.97. The molecular formula is C15H18FNO3. The number of halogens is 1. The Morgan fingerprint density at radius 2 is 2.20 bits per heavy atom. The molecule has 1 fully saturated rings. The first kappa shape index (κ1) is 14.7. The molecule has 0 radical (unpaired) electrons. The minimum atomic E-state index is -0.610. The van der Waals surface area contributed by atoms with Crippen molar-refractivity contribution in [1.29, 1.82) is 0 Å². The highest BCUT2D eigenvalue weighted by molar-refractivity contribution is 5.92. The summed E-state index contributed by atoms with van der Waals surface area (Å²) >= 11 is 0. The van der Waals surface area contributed by atoms with Crippen molar-refractivity contribution >= 4 is 12.0 Å². The fourth-order valence-corrected chi connectivity index (χ4v) is 2.17. The van der Waals surface area contributed by atoms with E-state index in [9.17, 15) is 14.3 Å². The molecule has 1 saturated heterocycles. The molecule has 108 valence electrons. The van der Waals surface area contributed by atoms with Crippen LogP contribution in [0.5, 0.6) is 0 Å². The summed E-state index contributed by atoms with van der Waals surface area (Å²) < 4.78 is 18.2. The van der Waals surface area contributed by atoms with Crippen molar-refractivity contribution in [2.75, 3.05) is 19.8 Å². The Hall–Kier alpha value is -1.72. The molecule has 0 saturated carbocycles. The SMILES string of the molecule is O=C(/C=C/c1cccc(F)c1)NC1(CO)CCOCC1. The van der Waals surface area contributed by atoms with Crippen LogP contribution < -0.4 is 5.32 Å². The van der Waals surface area contributed by atoms with Crippen molar-refractivity contribution in [3.63, 3.8) is 0 Å². The predicted molar refractivity (Wildman–Crippen MR) is 73.4 cm³/mol. The molecule has 1 aromatic rings. The average molecular weight is 279 g/mol. The molecule has 5 heteroatoms. The molecule has 0 aromatic heterocycles. The molecule has 1 amide bonds. The molecule has 1 heterocycles. The molecule has 0 aliphatic carbocycles. The van der Waals surface area contributed by atoms with Gasteiger partial charge in [0.25, 0.3) is 0 Å². The second-order valence-corrected chi connectivity index (χ2v) is 4.93. The Bertz CT molecular complexity index is 496. The van der Waals surface area contributed by atoms with E-state index in [-0.39, 0.29) is 18.3 Å². The third-order valence-corrected chi connectivity index (χ3v) is 3.42. The lowest BCUT2D eigenvalue weighted by Gasteiger charge is -2.35. The molecule has 1 aromatic carbocycles. The molecule has 0 bridgehead atoms. The van der Waals surface area contributed by atoms with E-state index in [2.05, 4.69) is 5.32 Å². The fourth-order valence-electron chi connectivity index (χ4n) is 2.17. The van der Waals surface area contributed by atoms with E-state index < -0.39 is 5.54 Å². The van der Waals surface area contributed by atoms with Crippen LogP contribution in [0.1, 0.15) is 18.4 Å². The molecule has 0 atom stereocenters. The first-order valence-corrected chi connectivity index (χ1v) is 6.58. The Morgan fingerprint density at radius 1 is 1.45 bits per heavy atom. The van der Waals surface area contributed by atoms with Gasteiger partial charge in [-0.3, -0.25) is 4.79 Å². The normalized spacial score (nSPS) is 18.1. The van der Waals surface area contributed by atoms with Gasteiger partial charge in [-0.2, -0.15) is 0 Å². The summed E-state index contributed by atoms with van der Waals surface area (Å²) in [5, 5.41) is 12.3. The van der Waals surface area contributed by atoms with E-state index in [1.165, 1.54) is 18.2 Å². The van der Waals surface area contributed by atoms with Crippen molar-refractivity contribution in [3.8, 4) is 0 Å². The number of aliphatic hydroxyl groups is 1. The van der Waals surface area contributed by atoms with Crippen molar-refractivity contribution in [1.82, 2.24) is 5.32 Å². The quantitative estimate of drug-likeness (QED) is 0.821. The minimum Gasteiger partial charge on any atom is -0.394 e. The molecule has 1 aliphatic rings. The number of carbonyl (C=O) groups excluding carboxylic acids is 1. The van der Waals surface area contributed by atoms with Crippen LogP contribution in [0.4, 0.5) is 4.39 Å². The molecule has 1 aliphatic heterocycles. The Morgan fingerprint density at radius 3 is 2.85 bits per heavy atom. The summed E-state index contributed by atoms with van der Waals surface area (Å²) in [6.07, 6.45) is 4.07. The smallest absolute Gasteiger partial charge is 0.244 e. The summed E-state index contributed by atoms with van der Waals surface area (Å²) in [4.78, 5) is 11.9. The van der Waals surface area contributed by atoms with Crippen LogP contribution in [0.2, 0.25) is 0 Å². The number of nitrogens with one attached hydrogen (secondary N) is 1. The zero-order chi connectivity index (χ0) is 14.4. The van der Waals surface area contributed by atoms with Gasteiger partial charge in [0.1, 0.15) is 5.82 Å². The molecular weight excluding hydrogens is 261 g/mol. The molecule has 2 rings (SSSR count). The summed E-state index contributed by atoms with van der Waals surface area (Å²) in [5.74, 6) is -0.644. The standard InChI is InChI=1S/C15H18FNO3/c16-13-3-1-2-12(10-13)4-5-14(19)17-15(11-18)6-8-20-9-7-15/h1-5,10,18H,6-9,11H2,(H,17,19)/b5-4+. The van der Waals surface area contributed by atoms with Crippen LogP contribution in [0.15, 0.2) is 30.3 Å². The van der Waals surface area contributed by atoms with Gasteiger partial charge < -0.3 is 15.2 Å². The monoisotopic (exact) mass is 279 g/mol. The topological polar surface area (TPSA) is 58.6 Å². The first-order chi connectivity index (χ1) is 9.63. The lowest BCUT2D eigenvalue weighted by Crippen LogP contribution is -2.54. The maximum absolute atomic E-state index is 13.0. The van der Waals surface area contributed by atoms with Gasteiger partial charge in [0, 0.05) is 19.3 Å². The van der Waals surface area contributed by atoms with Gasteiger partial charge in [-0.1, -0.05) is 12.1 Å². The van der Waals surface area contributed by atoms with E-state index in [1.54, 1.807) is 18.2 Å². The maximum Gasteiger partial charge on any atom is 0.244 e. The van der Waals surface area contributed by atoms with Crippen LogP contribution in [-0.2, 0) is 9.53 Å². The lowest BCUT2D eigenvalue weighted by molar-refractivity contribution is -0.120. The summed E-state index contributed by atoms with van der Waals surface area (Å²) in [7, 11) is 0. The van der Waals surface area contributed by atoms with Gasteiger partial charge in [0.15, 0.2) is 0 Å². The number of hydrogen-bond acceptors (Lipinski definition) is 3. The van der Waals surface area contributed by atoms with Crippen molar-refractivity contribution in [2.45, 2.75) is 18.4 Å². The van der Waals surface area contributed by atoms with Gasteiger partial charge in [0.2, 0.25) is 5.91 Å². The van der Waals surface area contributed by atoms with E-state index in [1.807, 2.05) is 0 Å². The lowest BCUT2D eigenvalue weighted by atomic mass is 9.91.